The van der Waals surface area contributed by atoms with Crippen LogP contribution in [-0.2, 0) is 37.1 Å². The van der Waals surface area contributed by atoms with Crippen LogP contribution in [0, 0.1) is 0 Å². The molecular weight excluding hydrogens is 871 g/mol. The standard InChI is InChI=1S/C26H25F3N6O4.C7H14N2O.2C2HF3O2/c1-25(2)23(37)35(24(38)34(25)16-17-8-11-30-12-9-17)19-6-7-21(39-26(27,28)29)20(13-19)33-22(36)15-31-14-18-5-3-4-10-32-18;8-7(10)6-9-4-2-1-3-5-9;2*3-2(4,5)1(6)7/h3-13,31H,14-16H2,1-2H3,(H,33,36);1-6H2,(H2,8,10);2*(H,6,7). The fraction of sp³-hybridized carbons (Fsp3) is 0.405. The Morgan fingerprint density at radius 1 is 0.841 bits per heavy atom. The molecule has 3 aromatic rings. The molecule has 26 heteroatoms. The number of amides is 5. The molecule has 2 aromatic heterocycles. The first kappa shape index (κ1) is 52.6. The number of rotatable bonds is 11. The molecule has 0 spiro atoms. The summed E-state index contributed by atoms with van der Waals surface area (Å²) in [6.45, 7) is 5.79. The normalized spacial score (nSPS) is 15.1. The third-order valence-corrected chi connectivity index (χ3v) is 8.27. The molecule has 17 nitrogen and oxygen atoms in total. The molecule has 2 fully saturated rings. The Balaban J connectivity index is 0.000000459. The minimum atomic E-state index is -5.08. The van der Waals surface area contributed by atoms with Gasteiger partial charge in [0.1, 0.15) is 5.54 Å². The fourth-order valence-electron chi connectivity index (χ4n) is 5.31. The lowest BCUT2D eigenvalue weighted by molar-refractivity contribution is -0.274. The molecule has 2 aliphatic rings. The van der Waals surface area contributed by atoms with Crippen molar-refractivity contribution in [3.63, 3.8) is 0 Å². The van der Waals surface area contributed by atoms with Gasteiger partial charge in [-0.05, 0) is 87.8 Å². The van der Waals surface area contributed by atoms with Gasteiger partial charge in [-0.25, -0.2) is 19.3 Å². The molecule has 0 bridgehead atoms. The van der Waals surface area contributed by atoms with Gasteiger partial charge in [-0.15, -0.1) is 13.2 Å². The van der Waals surface area contributed by atoms with Gasteiger partial charge in [0.05, 0.1) is 30.2 Å². The third kappa shape index (κ3) is 18.1. The molecule has 63 heavy (non-hydrogen) atoms. The monoisotopic (exact) mass is 912 g/mol. The molecule has 4 heterocycles. The second-order valence-corrected chi connectivity index (χ2v) is 13.5. The van der Waals surface area contributed by atoms with E-state index < -0.39 is 59.8 Å². The average molecular weight is 913 g/mol. The number of piperidine rings is 1. The van der Waals surface area contributed by atoms with Crippen molar-refractivity contribution in [1.82, 2.24) is 25.1 Å². The van der Waals surface area contributed by atoms with E-state index in [1.54, 1.807) is 62.8 Å². The number of benzene rings is 1. The van der Waals surface area contributed by atoms with Crippen molar-refractivity contribution in [1.29, 1.82) is 0 Å². The van der Waals surface area contributed by atoms with E-state index >= 15 is 0 Å². The third-order valence-electron chi connectivity index (χ3n) is 8.27. The lowest BCUT2D eigenvalue weighted by Crippen LogP contribution is -2.43. The number of carbonyl (C=O) groups excluding carboxylic acids is 4. The number of carboxylic acid groups (broad SMARTS) is 2. The zero-order valence-corrected chi connectivity index (χ0v) is 33.2. The Morgan fingerprint density at radius 2 is 1.41 bits per heavy atom. The number of nitrogens with two attached hydrogens (primary N) is 1. The van der Waals surface area contributed by atoms with Crippen LogP contribution >= 0.6 is 0 Å². The summed E-state index contributed by atoms with van der Waals surface area (Å²) in [6.07, 6.45) is -6.77. The number of aliphatic carboxylic acids is 2. The van der Waals surface area contributed by atoms with Crippen LogP contribution in [0.25, 0.3) is 0 Å². The number of imide groups is 1. The molecule has 6 N–H and O–H groups in total. The number of hydrogen-bond acceptors (Lipinski definition) is 11. The van der Waals surface area contributed by atoms with Gasteiger partial charge in [-0.2, -0.15) is 26.3 Å². The molecule has 0 atom stereocenters. The van der Waals surface area contributed by atoms with Crippen LogP contribution in [0.3, 0.4) is 0 Å². The number of urea groups is 1. The molecule has 0 unspecified atom stereocenters. The topological polar surface area (TPSA) is 238 Å². The van der Waals surface area contributed by atoms with E-state index in [-0.39, 0.29) is 36.9 Å². The summed E-state index contributed by atoms with van der Waals surface area (Å²) < 4.78 is 107. The molecule has 5 rings (SSSR count). The van der Waals surface area contributed by atoms with E-state index in [0.29, 0.717) is 12.2 Å². The molecule has 0 radical (unpaired) electrons. The number of likely N-dealkylation sites (tertiary alicyclic amines) is 1. The van der Waals surface area contributed by atoms with Crippen LogP contribution in [0.15, 0.2) is 67.1 Å². The van der Waals surface area contributed by atoms with Gasteiger partial charge in [0.25, 0.3) is 5.91 Å². The summed E-state index contributed by atoms with van der Waals surface area (Å²) >= 11 is 0. The first-order chi connectivity index (χ1) is 29.1. The lowest BCUT2D eigenvalue weighted by Gasteiger charge is -2.27. The maximum absolute atomic E-state index is 13.4. The highest BCUT2D eigenvalue weighted by Crippen LogP contribution is 2.38. The van der Waals surface area contributed by atoms with Crippen LogP contribution in [0.1, 0.15) is 44.4 Å². The second kappa shape index (κ2) is 23.0. The van der Waals surface area contributed by atoms with E-state index in [1.165, 1.54) is 24.2 Å². The van der Waals surface area contributed by atoms with Crippen LogP contribution < -0.4 is 26.0 Å². The average Bonchev–Trinajstić information content (AvgIpc) is 3.34. The Morgan fingerprint density at radius 3 is 1.90 bits per heavy atom. The Kier molecular flexibility index (Phi) is 19.2. The number of primary amides is 1. The van der Waals surface area contributed by atoms with Crippen molar-refractivity contribution in [2.24, 2.45) is 5.73 Å². The maximum atomic E-state index is 13.4. The van der Waals surface area contributed by atoms with Crippen molar-refractivity contribution in [2.75, 3.05) is 36.4 Å². The second-order valence-electron chi connectivity index (χ2n) is 13.5. The van der Waals surface area contributed by atoms with E-state index in [1.807, 2.05) is 0 Å². The smallest absolute Gasteiger partial charge is 0.475 e. The van der Waals surface area contributed by atoms with Gasteiger partial charge < -0.3 is 36.2 Å². The van der Waals surface area contributed by atoms with Crippen LogP contribution in [-0.4, -0.2) is 116 Å². The fourth-order valence-corrected chi connectivity index (χ4v) is 5.31. The number of anilines is 2. The van der Waals surface area contributed by atoms with Gasteiger partial charge in [-0.3, -0.25) is 29.3 Å². The molecule has 1 aromatic carbocycles. The van der Waals surface area contributed by atoms with E-state index in [2.05, 4.69) is 30.2 Å². The van der Waals surface area contributed by atoms with E-state index in [4.69, 9.17) is 25.5 Å². The predicted molar refractivity (Wildman–Crippen MR) is 201 cm³/mol. The Bertz CT molecular complexity index is 1990. The van der Waals surface area contributed by atoms with Crippen molar-refractivity contribution in [3.05, 3.63) is 78.4 Å². The predicted octanol–water partition coefficient (Wildman–Crippen LogP) is 5.08. The Hall–Kier alpha value is -6.57. The van der Waals surface area contributed by atoms with Crippen molar-refractivity contribution < 1.29 is 83.2 Å². The van der Waals surface area contributed by atoms with Crippen molar-refractivity contribution in [3.8, 4) is 5.75 Å². The minimum absolute atomic E-state index is 0.0263. The van der Waals surface area contributed by atoms with E-state index in [0.717, 1.165) is 41.8 Å². The van der Waals surface area contributed by atoms with Gasteiger partial charge in [-0.1, -0.05) is 12.5 Å². The SMILES string of the molecule is CC1(C)C(=O)N(c2ccc(OC(F)(F)F)c(NC(=O)CNCc3ccccn3)c2)C(=O)N1Cc1ccncc1.NC(=O)CN1CCCCC1.O=C(O)C(F)(F)F.O=C(O)C(F)(F)F. The quantitative estimate of drug-likeness (QED) is 0.125. The minimum Gasteiger partial charge on any atom is -0.475 e. The summed E-state index contributed by atoms with van der Waals surface area (Å²) in [6, 6.07) is 11.2. The zero-order valence-electron chi connectivity index (χ0n) is 33.2. The molecule has 5 amide bonds. The molecule has 2 aliphatic heterocycles. The van der Waals surface area contributed by atoms with E-state index in [9.17, 15) is 58.7 Å². The molecule has 0 saturated carbocycles. The summed E-state index contributed by atoms with van der Waals surface area (Å²) in [5.41, 5.74) is 4.81. The van der Waals surface area contributed by atoms with Gasteiger partial charge in [0, 0.05) is 31.7 Å². The summed E-state index contributed by atoms with van der Waals surface area (Å²) in [7, 11) is 0. The number of pyridine rings is 2. The summed E-state index contributed by atoms with van der Waals surface area (Å²) in [5.74, 6) is -7.67. The number of carboxylic acids is 2. The number of aromatic nitrogens is 2. The largest absolute Gasteiger partial charge is 0.573 e. The highest BCUT2D eigenvalue weighted by molar-refractivity contribution is 6.23. The molecule has 346 valence electrons. The number of ether oxygens (including phenoxy) is 1. The van der Waals surface area contributed by atoms with Crippen molar-refractivity contribution in [2.45, 2.75) is 70.5 Å². The number of halogens is 9. The molecular formula is C37H41F9N8O9. The highest BCUT2D eigenvalue weighted by atomic mass is 19.4. The number of carbonyl (C=O) groups is 6. The summed E-state index contributed by atoms with van der Waals surface area (Å²) in [4.78, 5) is 79.8. The maximum Gasteiger partial charge on any atom is 0.573 e. The first-order valence-electron chi connectivity index (χ1n) is 18.1. The Labute approximate surface area is 352 Å². The van der Waals surface area contributed by atoms with Gasteiger partial charge in [0.15, 0.2) is 5.75 Å². The van der Waals surface area contributed by atoms with Crippen LogP contribution in [0.4, 0.5) is 55.7 Å². The van der Waals surface area contributed by atoms with Crippen molar-refractivity contribution >= 4 is 47.1 Å². The first-order valence-corrected chi connectivity index (χ1v) is 18.1. The summed E-state index contributed by atoms with van der Waals surface area (Å²) in [5, 5.41) is 19.5. The van der Waals surface area contributed by atoms with Crippen LogP contribution in [0.5, 0.6) is 5.75 Å². The number of nitrogens with one attached hydrogen (secondary N) is 2. The zero-order chi connectivity index (χ0) is 47.8. The lowest BCUT2D eigenvalue weighted by atomic mass is 10.0. The molecule has 2 saturated heterocycles. The number of alkyl halides is 9. The number of nitrogens with zero attached hydrogens (tertiary/aromatic N) is 5. The molecule has 0 aliphatic carbocycles. The van der Waals surface area contributed by atoms with Crippen LogP contribution in [0.2, 0.25) is 0 Å². The van der Waals surface area contributed by atoms with Gasteiger partial charge >= 0.3 is 36.7 Å². The van der Waals surface area contributed by atoms with Gasteiger partial charge in [0.2, 0.25) is 11.8 Å². The highest BCUT2D eigenvalue weighted by Gasteiger charge is 2.52. The number of hydrogen-bond donors (Lipinski definition) is 5.